The van der Waals surface area contributed by atoms with Gasteiger partial charge in [0.15, 0.2) is 0 Å². The predicted octanol–water partition coefficient (Wildman–Crippen LogP) is 0.682. The van der Waals surface area contributed by atoms with Crippen LogP contribution in [0.3, 0.4) is 0 Å². The zero-order valence-corrected chi connectivity index (χ0v) is 11.1. The average molecular weight is 239 g/mol. The molecule has 0 aliphatic heterocycles. The van der Waals surface area contributed by atoms with Crippen LogP contribution in [0.1, 0.15) is 13.8 Å². The molecule has 2 aliphatic rings. The molecule has 2 rings (SSSR count). The summed E-state index contributed by atoms with van der Waals surface area (Å²) in [5, 5.41) is 0. The van der Waals surface area contributed by atoms with Crippen LogP contribution in [-0.2, 0) is 22.9 Å². The maximum Gasteiger partial charge on any atom is -1.00 e. The van der Waals surface area contributed by atoms with Crippen molar-refractivity contribution < 1.29 is 35.3 Å². The van der Waals surface area contributed by atoms with Crippen LogP contribution in [-0.4, -0.2) is 0 Å². The molecule has 0 aromatic rings. The van der Waals surface area contributed by atoms with Crippen LogP contribution in [0.25, 0.3) is 0 Å². The Morgan fingerprint density at radius 2 is 1.00 bits per heavy atom. The zero-order chi connectivity index (χ0) is 9.36. The van der Waals surface area contributed by atoms with Gasteiger partial charge in [-0.05, 0) is 0 Å². The summed E-state index contributed by atoms with van der Waals surface area (Å²) in [6.07, 6.45) is 18.2. The van der Waals surface area contributed by atoms with Crippen LogP contribution in [0.5, 0.6) is 0 Å². The first-order chi connectivity index (χ1) is 6.12. The summed E-state index contributed by atoms with van der Waals surface area (Å²) in [5.74, 6) is 0. The van der Waals surface area contributed by atoms with Gasteiger partial charge in [-0.25, -0.2) is 0 Å². The van der Waals surface area contributed by atoms with Gasteiger partial charge in [0.25, 0.3) is 0 Å². The molecule has 0 aromatic heterocycles. The van der Waals surface area contributed by atoms with Gasteiger partial charge < -0.3 is 12.4 Å². The Bertz CT molecular complexity index is 267. The molecule has 14 heavy (non-hydrogen) atoms. The van der Waals surface area contributed by atoms with E-state index in [1.807, 2.05) is 0 Å². The van der Waals surface area contributed by atoms with Gasteiger partial charge in [0.05, 0.1) is 0 Å². The molecule has 0 N–H and O–H groups in total. The van der Waals surface area contributed by atoms with E-state index < -0.39 is 0 Å². The van der Waals surface area contributed by atoms with Crippen molar-refractivity contribution in [3.63, 3.8) is 0 Å². The maximum atomic E-state index is 2.36. The first-order valence-corrected chi connectivity index (χ1v) is 6.54. The van der Waals surface area contributed by atoms with Gasteiger partial charge in [-0.3, -0.25) is 0 Å². The molecule has 0 heterocycles. The summed E-state index contributed by atoms with van der Waals surface area (Å²) >= 11 is -0.344. The molecule has 0 saturated carbocycles. The van der Waals surface area contributed by atoms with Gasteiger partial charge >= 0.3 is 91.7 Å². The van der Waals surface area contributed by atoms with Crippen LogP contribution >= 0.6 is 0 Å². The van der Waals surface area contributed by atoms with Crippen molar-refractivity contribution in [3.8, 4) is 0 Å². The molecule has 0 bridgehead atoms. The first-order valence-electron chi connectivity index (χ1n) is 4.73. The van der Waals surface area contributed by atoms with Crippen molar-refractivity contribution in [3.05, 3.63) is 48.6 Å². The van der Waals surface area contributed by atoms with E-state index in [-0.39, 0.29) is 35.3 Å². The normalized spacial score (nSPS) is 23.6. The van der Waals surface area contributed by atoms with E-state index in [2.05, 4.69) is 62.5 Å². The fourth-order valence-corrected chi connectivity index (χ4v) is 5.41. The molecule has 0 fully saturated rings. The minimum Gasteiger partial charge on any atom is -1.00 e. The number of rotatable bonds is 2. The van der Waals surface area contributed by atoms with Crippen molar-refractivity contribution in [2.45, 2.75) is 20.2 Å². The smallest absolute Gasteiger partial charge is 1.00 e. The van der Waals surface area contributed by atoms with E-state index in [1.165, 1.54) is 0 Å². The molecule has 0 aromatic carbocycles. The molecule has 0 nitrogen and oxygen atoms in total. The molecule has 2 aliphatic carbocycles. The summed E-state index contributed by atoms with van der Waals surface area (Å²) in [5.41, 5.74) is 0. The number of allylic oxidation sites excluding steroid dienone is 8. The van der Waals surface area contributed by atoms with Crippen molar-refractivity contribution in [1.82, 2.24) is 0 Å². The first kappa shape index (κ1) is 12.2. The van der Waals surface area contributed by atoms with Crippen LogP contribution < -0.4 is 12.4 Å². The molecular weight excluding hydrogens is 225 g/mol. The molecule has 72 valence electrons. The van der Waals surface area contributed by atoms with E-state index in [0.717, 1.165) is 0 Å². The van der Waals surface area contributed by atoms with Crippen molar-refractivity contribution >= 4 is 0 Å². The molecule has 0 spiro atoms. The van der Waals surface area contributed by atoms with Gasteiger partial charge in [0.1, 0.15) is 0 Å². The number of hydrogen-bond acceptors (Lipinski definition) is 0. The molecule has 2 heteroatoms. The molecular formula is C12H14ClSc. The van der Waals surface area contributed by atoms with E-state index in [9.17, 15) is 0 Å². The third kappa shape index (κ3) is 2.58. The summed E-state index contributed by atoms with van der Waals surface area (Å²) in [4.78, 5) is 0. The molecule has 0 saturated heterocycles. The van der Waals surface area contributed by atoms with Gasteiger partial charge in [0.2, 0.25) is 0 Å². The Labute approximate surface area is 104 Å². The van der Waals surface area contributed by atoms with Gasteiger partial charge in [0, 0.05) is 0 Å². The summed E-state index contributed by atoms with van der Waals surface area (Å²) in [7, 11) is 0. The summed E-state index contributed by atoms with van der Waals surface area (Å²) < 4.78 is 0.828. The van der Waals surface area contributed by atoms with Crippen LogP contribution in [0.4, 0.5) is 0 Å². The average Bonchev–Trinajstić information content (AvgIpc) is 2.60. The van der Waals surface area contributed by atoms with E-state index in [4.69, 9.17) is 0 Å². The zero-order valence-electron chi connectivity index (χ0n) is 8.57. The Morgan fingerprint density at radius 1 is 0.714 bits per heavy atom. The predicted molar refractivity (Wildman–Crippen MR) is 53.3 cm³/mol. The van der Waals surface area contributed by atoms with Gasteiger partial charge in [-0.15, -0.1) is 0 Å². The largest absolute Gasteiger partial charge is 1.00 e. The maximum absolute atomic E-state index is 2.36. The summed E-state index contributed by atoms with van der Waals surface area (Å²) in [6.45, 7) is 4.72. The Morgan fingerprint density at radius 3 is 1.29 bits per heavy atom. The van der Waals surface area contributed by atoms with Crippen molar-refractivity contribution in [2.75, 3.05) is 0 Å². The van der Waals surface area contributed by atoms with Crippen LogP contribution in [0.15, 0.2) is 48.6 Å². The quantitative estimate of drug-likeness (QED) is 0.664. The van der Waals surface area contributed by atoms with E-state index in [0.29, 0.717) is 6.34 Å². The third-order valence-electron chi connectivity index (χ3n) is 2.67. The topological polar surface area (TPSA) is 0 Å². The van der Waals surface area contributed by atoms with E-state index >= 15 is 0 Å². The Kier molecular flexibility index (Phi) is 3.76. The van der Waals surface area contributed by atoms with Crippen LogP contribution in [0.2, 0.25) is 6.34 Å². The minimum absolute atomic E-state index is 0. The molecule has 0 atom stereocenters. The van der Waals surface area contributed by atoms with Gasteiger partial charge in [-0.2, -0.15) is 0 Å². The molecule has 0 amide bonds. The SMILES string of the molecule is C[C]1([Sc+][C]2(C)C=CC=C2)C=CC=C1.[Cl-]. The fourth-order valence-electron chi connectivity index (χ4n) is 2.03. The molecule has 0 unspecified atom stereocenters. The number of halogens is 1. The van der Waals surface area contributed by atoms with Crippen molar-refractivity contribution in [1.29, 1.82) is 0 Å². The fraction of sp³-hybridized carbons (Fsp3) is 0.333. The van der Waals surface area contributed by atoms with Crippen molar-refractivity contribution in [2.24, 2.45) is 0 Å². The second kappa shape index (κ2) is 4.32. The monoisotopic (exact) mass is 238 g/mol. The standard InChI is InChI=1S/2C6H7.ClH.Sc/c2*1-6-4-2-3-5-6;;/h2*2-5H,1H3;1H;/q;;;+1/p-1. The van der Waals surface area contributed by atoms with E-state index in [1.54, 1.807) is 0 Å². The number of hydrogen-bond donors (Lipinski definition) is 0. The second-order valence-electron chi connectivity index (χ2n) is 4.31. The van der Waals surface area contributed by atoms with Crippen LogP contribution in [0, 0.1) is 0 Å². The van der Waals surface area contributed by atoms with Gasteiger partial charge in [-0.1, -0.05) is 0 Å². The Hall–Kier alpha value is 0.120. The third-order valence-corrected chi connectivity index (χ3v) is 5.81. The summed E-state index contributed by atoms with van der Waals surface area (Å²) in [6, 6.07) is 0. The Balaban J connectivity index is 0.000000980. The second-order valence-corrected chi connectivity index (χ2v) is 8.65. The molecule has 0 radical (unpaired) electrons. The minimum atomic E-state index is -0.344.